The third kappa shape index (κ3) is 11.9. The first kappa shape index (κ1) is 48.3. The van der Waals surface area contributed by atoms with E-state index in [1.54, 1.807) is 0 Å². The Hall–Kier alpha value is -3.36. The molecule has 59 heavy (non-hydrogen) atoms. The van der Waals surface area contributed by atoms with Gasteiger partial charge in [-0.1, -0.05) is 41.5 Å². The third-order valence-electron chi connectivity index (χ3n) is 9.69. The Morgan fingerprint density at radius 1 is 0.610 bits per heavy atom. The second-order valence-electron chi connectivity index (χ2n) is 13.1. The number of nitrogens with zero attached hydrogens (tertiary/aromatic N) is 10. The number of rotatable bonds is 16. The summed E-state index contributed by atoms with van der Waals surface area (Å²) in [7, 11) is -10.7. The SMILES string of the molecule is CCN(CC)CC.CCN(CC)CC.Nc1ncnc2c1ncn2[C@@H]1O[C@H](COP(=O)(O)OP(=O)(O)OC[C@H]2O[C@@H](n3cnc4c(N)ncnc43)[C@H](O)[C@@H]2O)[C@@H](O)[C@H]1O. The minimum absolute atomic E-state index is 0.0539. The van der Waals surface area contributed by atoms with Gasteiger partial charge in [0.15, 0.2) is 35.4 Å². The first-order valence-electron chi connectivity index (χ1n) is 19.0. The molecule has 10 N–H and O–H groups in total. The summed E-state index contributed by atoms with van der Waals surface area (Å²) < 4.78 is 52.3. The van der Waals surface area contributed by atoms with E-state index in [2.05, 4.69) is 85.6 Å². The number of anilines is 2. The molecular formula is C32H56N12O13P2. The Labute approximate surface area is 340 Å². The highest BCUT2D eigenvalue weighted by Crippen LogP contribution is 2.61. The summed E-state index contributed by atoms with van der Waals surface area (Å²) in [6, 6.07) is 0. The number of aliphatic hydroxyl groups is 4. The number of phosphoric ester groups is 2. The number of aliphatic hydroxyl groups excluding tert-OH is 4. The van der Waals surface area contributed by atoms with Crippen LogP contribution < -0.4 is 11.5 Å². The summed E-state index contributed by atoms with van der Waals surface area (Å²) >= 11 is 0. The van der Waals surface area contributed by atoms with Gasteiger partial charge < -0.3 is 61.0 Å². The summed E-state index contributed by atoms with van der Waals surface area (Å²) in [5.74, 6) is 0.108. The van der Waals surface area contributed by atoms with Crippen molar-refractivity contribution in [3.8, 4) is 0 Å². The third-order valence-corrected chi connectivity index (χ3v) is 12.3. The first-order chi connectivity index (χ1) is 28.0. The second-order valence-corrected chi connectivity index (χ2v) is 16.2. The van der Waals surface area contributed by atoms with Gasteiger partial charge in [-0.15, -0.1) is 0 Å². The monoisotopic (exact) mass is 878 g/mol. The zero-order valence-electron chi connectivity index (χ0n) is 33.6. The van der Waals surface area contributed by atoms with E-state index in [0.717, 1.165) is 12.7 Å². The van der Waals surface area contributed by atoms with Crippen LogP contribution in [0.1, 0.15) is 54.0 Å². The van der Waals surface area contributed by atoms with Crippen LogP contribution in [0.15, 0.2) is 25.3 Å². The topological polar surface area (TPSA) is 347 Å². The average Bonchev–Trinajstić information content (AvgIpc) is 3.97. The molecule has 0 aromatic carbocycles. The number of phosphoric acid groups is 2. The highest BCUT2D eigenvalue weighted by Gasteiger charge is 2.48. The molecule has 2 saturated heterocycles. The number of imidazole rings is 2. The molecule has 6 rings (SSSR count). The van der Waals surface area contributed by atoms with Gasteiger partial charge in [0.1, 0.15) is 60.3 Å². The van der Waals surface area contributed by atoms with Crippen molar-refractivity contribution in [2.75, 3.05) is 63.9 Å². The molecule has 0 spiro atoms. The molecule has 0 radical (unpaired) electrons. The van der Waals surface area contributed by atoms with Crippen LogP contribution in [-0.2, 0) is 32.0 Å². The van der Waals surface area contributed by atoms with Gasteiger partial charge in [0, 0.05) is 0 Å². The van der Waals surface area contributed by atoms with E-state index in [4.69, 9.17) is 30.0 Å². The van der Waals surface area contributed by atoms with Gasteiger partial charge >= 0.3 is 15.6 Å². The minimum Gasteiger partial charge on any atom is -0.387 e. The first-order valence-corrected chi connectivity index (χ1v) is 21.9. The number of nitrogen functional groups attached to an aromatic ring is 2. The van der Waals surface area contributed by atoms with Crippen molar-refractivity contribution in [1.82, 2.24) is 48.8 Å². The molecule has 2 aliphatic heterocycles. The van der Waals surface area contributed by atoms with Crippen molar-refractivity contribution in [3.05, 3.63) is 25.3 Å². The van der Waals surface area contributed by atoms with E-state index < -0.39 is 77.9 Å². The number of ether oxygens (including phenoxy) is 2. The van der Waals surface area contributed by atoms with Crippen LogP contribution >= 0.6 is 15.6 Å². The molecule has 2 aliphatic rings. The largest absolute Gasteiger partial charge is 0.481 e. The molecule has 25 nitrogen and oxygen atoms in total. The van der Waals surface area contributed by atoms with Gasteiger partial charge in [0.05, 0.1) is 25.9 Å². The van der Waals surface area contributed by atoms with E-state index in [1.165, 1.54) is 61.1 Å². The lowest BCUT2D eigenvalue weighted by Crippen LogP contribution is -2.34. The number of hydrogen-bond donors (Lipinski definition) is 8. The number of hydrogen-bond acceptors (Lipinski definition) is 21. The van der Waals surface area contributed by atoms with Gasteiger partial charge in [0.25, 0.3) is 0 Å². The Morgan fingerprint density at radius 3 is 1.25 bits per heavy atom. The molecular weight excluding hydrogens is 822 g/mol. The lowest BCUT2D eigenvalue weighted by molar-refractivity contribution is -0.0530. The van der Waals surface area contributed by atoms with Crippen molar-refractivity contribution < 1.29 is 62.2 Å². The molecule has 0 amide bonds. The molecule has 2 unspecified atom stereocenters. The van der Waals surface area contributed by atoms with E-state index in [1.807, 2.05) is 0 Å². The van der Waals surface area contributed by atoms with Gasteiger partial charge in [-0.2, -0.15) is 4.31 Å². The highest BCUT2D eigenvalue weighted by molar-refractivity contribution is 7.61. The van der Waals surface area contributed by atoms with Crippen molar-refractivity contribution in [2.24, 2.45) is 0 Å². The fourth-order valence-electron chi connectivity index (χ4n) is 6.16. The number of aromatic nitrogens is 8. The fourth-order valence-corrected chi connectivity index (χ4v) is 8.25. The normalized spacial score (nSPS) is 26.4. The smallest absolute Gasteiger partial charge is 0.387 e. The predicted octanol–water partition coefficient (Wildman–Crippen LogP) is 0.0158. The lowest BCUT2D eigenvalue weighted by atomic mass is 10.1. The standard InChI is InChI=1S/C20H26N10O13P2.2C6H15N/c21-15-9-17(25-3-23-15)29(5-27-9)19-13(33)11(31)7(41-19)1-39-44(35,36)43-45(37,38)40-2-8-12(32)14(34)20(42-8)30-6-28-10-16(22)24-4-26-18(10)30;2*1-4-7(5-2)6-3/h3-8,11-14,19-20,31-34H,1-2H2,(H,35,36)(H,37,38)(H2,21,23,25)(H2,22,24,26);2*4-6H2,1-3H3/t7-,8-,11-,12-,13-,14-,19-,20-;;/m1../s1. The number of fused-ring (bicyclic) bond motifs is 2. The highest BCUT2D eigenvalue weighted by atomic mass is 31.3. The van der Waals surface area contributed by atoms with Crippen LogP contribution in [0.25, 0.3) is 22.3 Å². The fraction of sp³-hybridized carbons (Fsp3) is 0.688. The van der Waals surface area contributed by atoms with E-state index in [-0.39, 0.29) is 34.0 Å². The average molecular weight is 879 g/mol. The maximum atomic E-state index is 12.5. The maximum Gasteiger partial charge on any atom is 0.481 e. The van der Waals surface area contributed by atoms with Crippen LogP contribution in [0, 0.1) is 0 Å². The van der Waals surface area contributed by atoms with E-state index in [9.17, 15) is 39.3 Å². The molecule has 0 saturated carbocycles. The molecule has 6 heterocycles. The van der Waals surface area contributed by atoms with E-state index >= 15 is 0 Å². The quantitative estimate of drug-likeness (QED) is 0.0687. The number of nitrogens with two attached hydrogens (primary N) is 2. The molecule has 27 heteroatoms. The summed E-state index contributed by atoms with van der Waals surface area (Å²) in [4.78, 5) is 48.6. The molecule has 332 valence electrons. The Kier molecular flexibility index (Phi) is 17.6. The van der Waals surface area contributed by atoms with Crippen molar-refractivity contribution >= 4 is 49.6 Å². The molecule has 4 aromatic rings. The zero-order chi connectivity index (χ0) is 43.7. The molecule has 0 bridgehead atoms. The van der Waals surface area contributed by atoms with Crippen LogP contribution in [0.4, 0.5) is 11.6 Å². The molecule has 2 fully saturated rings. The maximum absolute atomic E-state index is 12.5. The molecule has 0 aliphatic carbocycles. The van der Waals surface area contributed by atoms with Crippen molar-refractivity contribution in [2.45, 2.75) is 90.6 Å². The Balaban J connectivity index is 0.000000471. The summed E-state index contributed by atoms with van der Waals surface area (Å²) in [6.07, 6.45) is -7.12. The van der Waals surface area contributed by atoms with Crippen molar-refractivity contribution in [1.29, 1.82) is 0 Å². The minimum atomic E-state index is -5.37. The summed E-state index contributed by atoms with van der Waals surface area (Å²) in [6.45, 7) is 18.5. The van der Waals surface area contributed by atoms with Gasteiger partial charge in [-0.05, 0) is 39.3 Å². The van der Waals surface area contributed by atoms with E-state index in [0.29, 0.717) is 0 Å². The molecule has 10 atom stereocenters. The van der Waals surface area contributed by atoms with Crippen LogP contribution in [0.5, 0.6) is 0 Å². The second kappa shape index (κ2) is 21.4. The Bertz CT molecular complexity index is 1870. The van der Waals surface area contributed by atoms with Gasteiger partial charge in [-0.25, -0.2) is 39.0 Å². The van der Waals surface area contributed by atoms with Crippen molar-refractivity contribution in [3.63, 3.8) is 0 Å². The van der Waals surface area contributed by atoms with Crippen LogP contribution in [0.2, 0.25) is 0 Å². The van der Waals surface area contributed by atoms with Gasteiger partial charge in [-0.3, -0.25) is 18.2 Å². The summed E-state index contributed by atoms with van der Waals surface area (Å²) in [5, 5.41) is 41.9. The lowest BCUT2D eigenvalue weighted by Gasteiger charge is -2.20. The van der Waals surface area contributed by atoms with Gasteiger partial charge in [0.2, 0.25) is 0 Å². The van der Waals surface area contributed by atoms with Crippen LogP contribution in [-0.4, -0.2) is 168 Å². The molecule has 4 aromatic heterocycles. The predicted molar refractivity (Wildman–Crippen MR) is 211 cm³/mol. The zero-order valence-corrected chi connectivity index (χ0v) is 35.4. The van der Waals surface area contributed by atoms with Crippen LogP contribution in [0.3, 0.4) is 0 Å². The summed E-state index contributed by atoms with van der Waals surface area (Å²) in [5.41, 5.74) is 12.2. The Morgan fingerprint density at radius 2 is 0.949 bits per heavy atom.